The molecule has 1 aromatic carbocycles. The number of hydrogen-bond donors (Lipinski definition) is 3. The van der Waals surface area contributed by atoms with Crippen LogP contribution in [0.15, 0.2) is 29.4 Å². The van der Waals surface area contributed by atoms with Gasteiger partial charge in [-0.3, -0.25) is 0 Å². The monoisotopic (exact) mass is 421 g/mol. The number of unbranched alkanes of at least 4 members (excludes halogenated alkanes) is 1. The van der Waals surface area contributed by atoms with E-state index >= 15 is 0 Å². The first-order valence-electron chi connectivity index (χ1n) is 9.37. The van der Waals surface area contributed by atoms with E-state index in [9.17, 15) is 19.5 Å². The molecule has 1 aromatic rings. The van der Waals surface area contributed by atoms with Crippen LogP contribution in [0.5, 0.6) is 0 Å². The number of nitrogens with zero attached hydrogens (tertiary/aromatic N) is 3. The molecule has 0 heterocycles. The van der Waals surface area contributed by atoms with Gasteiger partial charge in [-0.15, -0.1) is 0 Å². The van der Waals surface area contributed by atoms with Gasteiger partial charge in [0.15, 0.2) is 0 Å². The largest absolute Gasteiger partial charge is 0.480 e. The fourth-order valence-electron chi connectivity index (χ4n) is 2.28. The maximum atomic E-state index is 11.7. The van der Waals surface area contributed by atoms with Gasteiger partial charge >= 0.3 is 18.2 Å². The number of amides is 2. The lowest BCUT2D eigenvalue weighted by atomic mass is 10.1. The minimum atomic E-state index is -1.15. The Kier molecular flexibility index (Phi) is 9.98. The smallest absolute Gasteiger partial charge is 0.408 e. The van der Waals surface area contributed by atoms with Gasteiger partial charge in [-0.2, -0.15) is 0 Å². The van der Waals surface area contributed by atoms with Crippen LogP contribution in [0.3, 0.4) is 0 Å². The summed E-state index contributed by atoms with van der Waals surface area (Å²) in [5.41, 5.74) is 8.83. The van der Waals surface area contributed by atoms with Crippen molar-refractivity contribution in [3.63, 3.8) is 0 Å². The Morgan fingerprint density at radius 1 is 1.17 bits per heavy atom. The van der Waals surface area contributed by atoms with Gasteiger partial charge in [-0.05, 0) is 51.1 Å². The predicted octanol–water partition coefficient (Wildman–Crippen LogP) is 4.00. The quantitative estimate of drug-likeness (QED) is 0.224. The number of carboxylic acid groups (broad SMARTS) is 1. The molecule has 0 fully saturated rings. The van der Waals surface area contributed by atoms with Crippen LogP contribution in [-0.4, -0.2) is 41.4 Å². The summed E-state index contributed by atoms with van der Waals surface area (Å²) in [7, 11) is 0. The summed E-state index contributed by atoms with van der Waals surface area (Å²) in [6.45, 7) is 5.42. The molecular formula is C19H27N5O6. The SMILES string of the molecule is CC(C)(C)OC(=O)NC(CCCCNC(=O)OCc1ccc(N=[N+]=[N-])cc1)C(=O)O. The normalized spacial score (nSPS) is 11.6. The van der Waals surface area contributed by atoms with E-state index in [4.69, 9.17) is 15.0 Å². The van der Waals surface area contributed by atoms with Gasteiger partial charge in [0.1, 0.15) is 18.2 Å². The third-order valence-electron chi connectivity index (χ3n) is 3.64. The summed E-state index contributed by atoms with van der Waals surface area (Å²) in [6.07, 6.45) is -0.216. The van der Waals surface area contributed by atoms with Crippen molar-refractivity contribution in [3.8, 4) is 0 Å². The van der Waals surface area contributed by atoms with Crippen LogP contribution in [0.2, 0.25) is 0 Å². The lowest BCUT2D eigenvalue weighted by molar-refractivity contribution is -0.139. The fourth-order valence-corrected chi connectivity index (χ4v) is 2.28. The number of nitrogens with one attached hydrogen (secondary N) is 2. The molecule has 0 aliphatic rings. The zero-order chi connectivity index (χ0) is 22.6. The lowest BCUT2D eigenvalue weighted by Gasteiger charge is -2.22. The Morgan fingerprint density at radius 3 is 2.40 bits per heavy atom. The fraction of sp³-hybridized carbons (Fsp3) is 0.526. The summed E-state index contributed by atoms with van der Waals surface area (Å²) in [6, 6.07) is 5.52. The third kappa shape index (κ3) is 10.8. The Morgan fingerprint density at radius 2 is 1.83 bits per heavy atom. The molecule has 2 amide bonds. The molecular weight excluding hydrogens is 394 g/mol. The summed E-state index contributed by atoms with van der Waals surface area (Å²) >= 11 is 0. The number of carbonyl (C=O) groups excluding carboxylic acids is 2. The van der Waals surface area contributed by atoms with Gasteiger partial charge in [-0.1, -0.05) is 29.4 Å². The van der Waals surface area contributed by atoms with Crippen molar-refractivity contribution in [1.29, 1.82) is 0 Å². The zero-order valence-electron chi connectivity index (χ0n) is 17.3. The van der Waals surface area contributed by atoms with E-state index in [0.717, 1.165) is 5.56 Å². The number of carbonyl (C=O) groups is 3. The van der Waals surface area contributed by atoms with E-state index in [0.29, 0.717) is 25.1 Å². The van der Waals surface area contributed by atoms with Gasteiger partial charge in [0.2, 0.25) is 0 Å². The van der Waals surface area contributed by atoms with Crippen molar-refractivity contribution in [3.05, 3.63) is 40.3 Å². The molecule has 0 saturated heterocycles. The molecule has 1 atom stereocenters. The second-order valence-electron chi connectivity index (χ2n) is 7.39. The van der Waals surface area contributed by atoms with E-state index < -0.39 is 29.8 Å². The first kappa shape index (κ1) is 24.6. The third-order valence-corrected chi connectivity index (χ3v) is 3.64. The molecule has 164 valence electrons. The molecule has 1 rings (SSSR count). The van der Waals surface area contributed by atoms with Crippen LogP contribution in [0.4, 0.5) is 15.3 Å². The maximum absolute atomic E-state index is 11.7. The van der Waals surface area contributed by atoms with Crippen LogP contribution >= 0.6 is 0 Å². The Bertz CT molecular complexity index is 769. The number of rotatable bonds is 10. The topological polar surface area (TPSA) is 163 Å². The second kappa shape index (κ2) is 12.2. The van der Waals surface area contributed by atoms with E-state index in [1.54, 1.807) is 45.0 Å². The standard InChI is InChI=1S/C19H27N5O6/c1-19(2,3)30-18(28)22-15(16(25)26)6-4-5-11-21-17(27)29-12-13-7-9-14(10-8-13)23-24-20/h7-10,15H,4-6,11-12H2,1-3H3,(H,21,27)(H,22,28)(H,25,26). The molecule has 0 aliphatic heterocycles. The molecule has 11 nitrogen and oxygen atoms in total. The van der Waals surface area contributed by atoms with E-state index in [-0.39, 0.29) is 13.0 Å². The number of aliphatic carboxylic acids is 1. The van der Waals surface area contributed by atoms with Crippen molar-refractivity contribution < 1.29 is 29.0 Å². The maximum Gasteiger partial charge on any atom is 0.408 e. The highest BCUT2D eigenvalue weighted by molar-refractivity contribution is 5.79. The number of azide groups is 1. The molecule has 30 heavy (non-hydrogen) atoms. The molecule has 0 aromatic heterocycles. The summed E-state index contributed by atoms with van der Waals surface area (Å²) in [5.74, 6) is -1.15. The van der Waals surface area contributed by atoms with E-state index in [1.165, 1.54) is 0 Å². The zero-order valence-corrected chi connectivity index (χ0v) is 17.3. The van der Waals surface area contributed by atoms with Crippen molar-refractivity contribution in [1.82, 2.24) is 10.6 Å². The number of benzene rings is 1. The van der Waals surface area contributed by atoms with Crippen LogP contribution in [0, 0.1) is 0 Å². The van der Waals surface area contributed by atoms with Gasteiger partial charge in [0.05, 0.1) is 0 Å². The molecule has 0 radical (unpaired) electrons. The van der Waals surface area contributed by atoms with Crippen LogP contribution in [-0.2, 0) is 20.9 Å². The average Bonchev–Trinajstić information content (AvgIpc) is 2.65. The highest BCUT2D eigenvalue weighted by atomic mass is 16.6. The van der Waals surface area contributed by atoms with Crippen molar-refractivity contribution >= 4 is 23.8 Å². The van der Waals surface area contributed by atoms with Gasteiger partial charge in [0.25, 0.3) is 0 Å². The van der Waals surface area contributed by atoms with Crippen molar-refractivity contribution in [2.75, 3.05) is 6.54 Å². The average molecular weight is 421 g/mol. The lowest BCUT2D eigenvalue weighted by Crippen LogP contribution is -2.43. The number of ether oxygens (including phenoxy) is 2. The number of alkyl carbamates (subject to hydrolysis) is 2. The van der Waals surface area contributed by atoms with Crippen LogP contribution in [0.25, 0.3) is 10.4 Å². The molecule has 1 unspecified atom stereocenters. The second-order valence-corrected chi connectivity index (χ2v) is 7.39. The van der Waals surface area contributed by atoms with E-state index in [2.05, 4.69) is 20.7 Å². The number of hydrogen-bond acceptors (Lipinski definition) is 6. The summed E-state index contributed by atoms with van der Waals surface area (Å²) < 4.78 is 10.1. The molecule has 3 N–H and O–H groups in total. The molecule has 0 bridgehead atoms. The van der Waals surface area contributed by atoms with Gasteiger partial charge in [0, 0.05) is 17.1 Å². The van der Waals surface area contributed by atoms with Crippen LogP contribution < -0.4 is 10.6 Å². The summed E-state index contributed by atoms with van der Waals surface area (Å²) in [4.78, 5) is 37.3. The van der Waals surface area contributed by atoms with Gasteiger partial charge < -0.3 is 25.2 Å². The Hall–Kier alpha value is -3.46. The molecule has 0 saturated carbocycles. The highest BCUT2D eigenvalue weighted by Gasteiger charge is 2.23. The first-order chi connectivity index (χ1) is 14.1. The van der Waals surface area contributed by atoms with Gasteiger partial charge in [-0.25, -0.2) is 14.4 Å². The Labute approximate surface area is 174 Å². The van der Waals surface area contributed by atoms with E-state index in [1.807, 2.05) is 0 Å². The molecule has 11 heteroatoms. The number of carboxylic acids is 1. The highest BCUT2D eigenvalue weighted by Crippen LogP contribution is 2.13. The van der Waals surface area contributed by atoms with Crippen molar-refractivity contribution in [2.45, 2.75) is 58.3 Å². The molecule has 0 spiro atoms. The van der Waals surface area contributed by atoms with Crippen molar-refractivity contribution in [2.24, 2.45) is 5.11 Å². The minimum absolute atomic E-state index is 0.0588. The van der Waals surface area contributed by atoms with Crippen LogP contribution in [0.1, 0.15) is 45.6 Å². The first-order valence-corrected chi connectivity index (χ1v) is 9.37. The molecule has 0 aliphatic carbocycles. The summed E-state index contributed by atoms with van der Waals surface area (Å²) in [5, 5.41) is 17.6. The minimum Gasteiger partial charge on any atom is -0.480 e. The Balaban J connectivity index is 2.25. The predicted molar refractivity (Wildman–Crippen MR) is 108 cm³/mol.